The van der Waals surface area contributed by atoms with Crippen LogP contribution in [-0.2, 0) is 9.59 Å². The van der Waals surface area contributed by atoms with E-state index in [9.17, 15) is 14.4 Å². The fourth-order valence-electron chi connectivity index (χ4n) is 6.67. The van der Waals surface area contributed by atoms with Crippen LogP contribution in [0.15, 0.2) is 48.5 Å². The second kappa shape index (κ2) is 8.65. The van der Waals surface area contributed by atoms with Gasteiger partial charge < -0.3 is 16.0 Å². The Balaban J connectivity index is 1.19. The molecule has 6 rings (SSSR count). The Labute approximate surface area is 194 Å². The molecule has 0 radical (unpaired) electrons. The lowest BCUT2D eigenvalue weighted by Crippen LogP contribution is -2.54. The molecular formula is C27H31N3O3. The lowest BCUT2D eigenvalue weighted by atomic mass is 9.49. The van der Waals surface area contributed by atoms with Gasteiger partial charge in [0.05, 0.1) is 6.54 Å². The predicted octanol–water partition coefficient (Wildman–Crippen LogP) is 4.52. The third-order valence-corrected chi connectivity index (χ3v) is 7.81. The van der Waals surface area contributed by atoms with Crippen molar-refractivity contribution in [2.24, 2.45) is 23.2 Å². The van der Waals surface area contributed by atoms with Gasteiger partial charge in [0.25, 0.3) is 5.91 Å². The summed E-state index contributed by atoms with van der Waals surface area (Å²) in [6, 6.07) is 14.5. The molecule has 0 unspecified atom stereocenters. The van der Waals surface area contributed by atoms with Gasteiger partial charge >= 0.3 is 0 Å². The molecule has 4 bridgehead atoms. The van der Waals surface area contributed by atoms with E-state index in [2.05, 4.69) is 16.0 Å². The van der Waals surface area contributed by atoms with Gasteiger partial charge in [-0.15, -0.1) is 0 Å². The topological polar surface area (TPSA) is 87.3 Å². The highest BCUT2D eigenvalue weighted by Crippen LogP contribution is 2.60. The van der Waals surface area contributed by atoms with Crippen molar-refractivity contribution in [1.29, 1.82) is 0 Å². The molecule has 4 fully saturated rings. The van der Waals surface area contributed by atoms with E-state index in [0.29, 0.717) is 40.3 Å². The molecule has 4 aliphatic carbocycles. The molecule has 6 heteroatoms. The Kier molecular flexibility index (Phi) is 5.69. The van der Waals surface area contributed by atoms with Crippen LogP contribution in [0.4, 0.5) is 11.4 Å². The molecule has 33 heavy (non-hydrogen) atoms. The Morgan fingerprint density at radius 3 is 2.12 bits per heavy atom. The van der Waals surface area contributed by atoms with Crippen molar-refractivity contribution in [2.45, 2.75) is 45.4 Å². The molecular weight excluding hydrogens is 414 g/mol. The molecule has 2 aromatic carbocycles. The third-order valence-electron chi connectivity index (χ3n) is 7.81. The summed E-state index contributed by atoms with van der Waals surface area (Å²) in [4.78, 5) is 38.4. The van der Waals surface area contributed by atoms with E-state index in [-0.39, 0.29) is 29.7 Å². The van der Waals surface area contributed by atoms with Crippen LogP contribution in [0.5, 0.6) is 0 Å². The average molecular weight is 446 g/mol. The molecule has 0 saturated heterocycles. The predicted molar refractivity (Wildman–Crippen MR) is 128 cm³/mol. The molecule has 0 atom stereocenters. The number of anilines is 2. The van der Waals surface area contributed by atoms with Crippen LogP contribution in [0.2, 0.25) is 0 Å². The minimum Gasteiger partial charge on any atom is -0.347 e. The van der Waals surface area contributed by atoms with Crippen LogP contribution < -0.4 is 16.0 Å². The van der Waals surface area contributed by atoms with Crippen molar-refractivity contribution in [2.75, 3.05) is 17.2 Å². The maximum atomic E-state index is 13.1. The molecule has 0 aliphatic heterocycles. The molecule has 2 aromatic rings. The van der Waals surface area contributed by atoms with E-state index in [1.807, 2.05) is 37.3 Å². The Morgan fingerprint density at radius 2 is 1.48 bits per heavy atom. The second-order valence-electron chi connectivity index (χ2n) is 10.2. The van der Waals surface area contributed by atoms with Gasteiger partial charge in [-0.25, -0.2) is 0 Å². The summed E-state index contributed by atoms with van der Waals surface area (Å²) in [5.41, 5.74) is 2.20. The average Bonchev–Trinajstić information content (AvgIpc) is 2.78. The molecule has 0 heterocycles. The van der Waals surface area contributed by atoms with Gasteiger partial charge in [0, 0.05) is 22.4 Å². The summed E-state index contributed by atoms with van der Waals surface area (Å²) in [5, 5.41) is 8.66. The number of carbonyl (C=O) groups is 3. The number of hydrogen-bond acceptors (Lipinski definition) is 3. The Bertz CT molecular complexity index is 1040. The summed E-state index contributed by atoms with van der Waals surface area (Å²) in [6.07, 6.45) is 6.76. The first kappa shape index (κ1) is 21.7. The minimum absolute atomic E-state index is 0.0458. The molecule has 4 saturated carbocycles. The molecule has 4 aliphatic rings. The van der Waals surface area contributed by atoms with E-state index in [4.69, 9.17) is 0 Å². The van der Waals surface area contributed by atoms with Crippen LogP contribution in [0.25, 0.3) is 0 Å². The first-order chi connectivity index (χ1) is 15.9. The number of carbonyl (C=O) groups excluding carboxylic acids is 3. The van der Waals surface area contributed by atoms with Crippen LogP contribution in [-0.4, -0.2) is 24.3 Å². The van der Waals surface area contributed by atoms with Gasteiger partial charge in [-0.05, 0) is 93.0 Å². The van der Waals surface area contributed by atoms with Gasteiger partial charge in [-0.3, -0.25) is 14.4 Å². The van der Waals surface area contributed by atoms with E-state index in [1.54, 1.807) is 18.2 Å². The molecule has 172 valence electrons. The molecule has 6 nitrogen and oxygen atoms in total. The number of amides is 3. The largest absolute Gasteiger partial charge is 0.347 e. The van der Waals surface area contributed by atoms with Gasteiger partial charge in [-0.2, -0.15) is 0 Å². The van der Waals surface area contributed by atoms with Crippen molar-refractivity contribution in [3.8, 4) is 0 Å². The smallest absolute Gasteiger partial charge is 0.256 e. The van der Waals surface area contributed by atoms with Gasteiger partial charge in [0.15, 0.2) is 0 Å². The highest BCUT2D eigenvalue weighted by molar-refractivity contribution is 6.07. The highest BCUT2D eigenvalue weighted by atomic mass is 16.2. The summed E-state index contributed by atoms with van der Waals surface area (Å²) in [5.74, 6) is 1.58. The van der Waals surface area contributed by atoms with E-state index in [0.717, 1.165) is 19.3 Å². The van der Waals surface area contributed by atoms with Crippen LogP contribution in [0.3, 0.4) is 0 Å². The molecule has 0 aromatic heterocycles. The van der Waals surface area contributed by atoms with Crippen molar-refractivity contribution in [3.05, 3.63) is 59.7 Å². The standard InChI is InChI=1S/C27H31N3O3/c1-17-22(25(32)29-21-6-3-2-4-7-21)8-5-9-23(17)30-24(31)16-28-26(33)27-13-18-10-19(14-27)12-20(11-18)15-27/h2-9,18-20H,10-16H2,1H3,(H,28,33)(H,29,32)(H,30,31). The highest BCUT2D eigenvalue weighted by Gasteiger charge is 2.54. The van der Waals surface area contributed by atoms with Crippen LogP contribution in [0.1, 0.15) is 54.4 Å². The number of nitrogens with one attached hydrogen (secondary N) is 3. The SMILES string of the molecule is Cc1c(NC(=O)CNC(=O)C23CC4CC(CC(C4)C2)C3)cccc1C(=O)Nc1ccccc1. The zero-order chi connectivity index (χ0) is 23.0. The summed E-state index contributed by atoms with van der Waals surface area (Å²) in [7, 11) is 0. The second-order valence-corrected chi connectivity index (χ2v) is 10.2. The number of rotatable bonds is 6. The monoisotopic (exact) mass is 445 g/mol. The lowest BCUT2D eigenvalue weighted by molar-refractivity contribution is -0.146. The fourth-order valence-corrected chi connectivity index (χ4v) is 6.67. The van der Waals surface area contributed by atoms with Gasteiger partial charge in [0.1, 0.15) is 0 Å². The maximum Gasteiger partial charge on any atom is 0.256 e. The first-order valence-electron chi connectivity index (χ1n) is 12.0. The Morgan fingerprint density at radius 1 is 0.848 bits per heavy atom. The van der Waals surface area contributed by atoms with E-state index < -0.39 is 0 Å². The van der Waals surface area contributed by atoms with Crippen molar-refractivity contribution >= 4 is 29.1 Å². The quantitative estimate of drug-likeness (QED) is 0.611. The maximum absolute atomic E-state index is 13.1. The number of benzene rings is 2. The minimum atomic E-state index is -0.281. The van der Waals surface area contributed by atoms with Crippen molar-refractivity contribution < 1.29 is 14.4 Å². The van der Waals surface area contributed by atoms with E-state index >= 15 is 0 Å². The van der Waals surface area contributed by atoms with Crippen molar-refractivity contribution in [1.82, 2.24) is 5.32 Å². The van der Waals surface area contributed by atoms with E-state index in [1.165, 1.54) is 19.3 Å². The lowest BCUT2D eigenvalue weighted by Gasteiger charge is -2.55. The normalized spacial score (nSPS) is 27.1. The molecule has 3 amide bonds. The number of para-hydroxylation sites is 1. The van der Waals surface area contributed by atoms with Gasteiger partial charge in [-0.1, -0.05) is 24.3 Å². The zero-order valence-corrected chi connectivity index (χ0v) is 19.0. The van der Waals surface area contributed by atoms with Gasteiger partial charge in [0.2, 0.25) is 11.8 Å². The third kappa shape index (κ3) is 4.39. The van der Waals surface area contributed by atoms with Crippen LogP contribution >= 0.6 is 0 Å². The van der Waals surface area contributed by atoms with Crippen molar-refractivity contribution in [3.63, 3.8) is 0 Å². The summed E-state index contributed by atoms with van der Waals surface area (Å²) >= 11 is 0. The fraction of sp³-hybridized carbons (Fsp3) is 0.444. The van der Waals surface area contributed by atoms with Crippen LogP contribution in [0, 0.1) is 30.1 Å². The molecule has 3 N–H and O–H groups in total. The molecule has 0 spiro atoms. The Hall–Kier alpha value is -3.15. The zero-order valence-electron chi connectivity index (χ0n) is 19.0. The number of hydrogen-bond donors (Lipinski definition) is 3. The summed E-state index contributed by atoms with van der Waals surface area (Å²) in [6.45, 7) is 1.75. The summed E-state index contributed by atoms with van der Waals surface area (Å²) < 4.78 is 0. The first-order valence-corrected chi connectivity index (χ1v) is 12.0.